The van der Waals surface area contributed by atoms with Gasteiger partial charge in [-0.3, -0.25) is 9.59 Å². The van der Waals surface area contributed by atoms with Crippen LogP contribution in [0.15, 0.2) is 0 Å². The van der Waals surface area contributed by atoms with E-state index >= 15 is 0 Å². The summed E-state index contributed by atoms with van der Waals surface area (Å²) >= 11 is 0. The topological polar surface area (TPSA) is 75.4 Å². The van der Waals surface area contributed by atoms with Crippen molar-refractivity contribution in [3.8, 4) is 0 Å². The van der Waals surface area contributed by atoms with Gasteiger partial charge >= 0.3 is 0 Å². The highest BCUT2D eigenvalue weighted by atomic mass is 16.2. The van der Waals surface area contributed by atoms with Gasteiger partial charge in [-0.05, 0) is 45.1 Å². The maximum Gasteiger partial charge on any atom is 0.223 e. The van der Waals surface area contributed by atoms with Gasteiger partial charge in [-0.15, -0.1) is 0 Å². The number of piperidine rings is 1. The Morgan fingerprint density at radius 1 is 1.24 bits per heavy atom. The van der Waals surface area contributed by atoms with Crippen molar-refractivity contribution < 1.29 is 9.59 Å². The number of nitrogens with zero attached hydrogens (tertiary/aromatic N) is 1. The molecule has 5 nitrogen and oxygen atoms in total. The average molecular weight is 297 g/mol. The lowest BCUT2D eigenvalue weighted by atomic mass is 9.94. The number of amides is 2. The summed E-state index contributed by atoms with van der Waals surface area (Å²) in [5, 5.41) is 2.87. The number of hydrogen-bond acceptors (Lipinski definition) is 3. The van der Waals surface area contributed by atoms with Crippen LogP contribution >= 0.6 is 0 Å². The molecule has 0 aromatic carbocycles. The molecule has 1 atom stereocenters. The molecule has 3 N–H and O–H groups in total. The smallest absolute Gasteiger partial charge is 0.223 e. The van der Waals surface area contributed by atoms with Gasteiger partial charge in [0.2, 0.25) is 11.8 Å². The van der Waals surface area contributed by atoms with Crippen LogP contribution in [0.4, 0.5) is 0 Å². The molecule has 1 aliphatic rings. The molecule has 5 heteroatoms. The molecule has 1 unspecified atom stereocenters. The molecule has 0 aliphatic carbocycles. The minimum atomic E-state index is 0.0784. The largest absolute Gasteiger partial charge is 0.356 e. The Labute approximate surface area is 128 Å². The van der Waals surface area contributed by atoms with Gasteiger partial charge in [0.25, 0.3) is 0 Å². The first-order valence-corrected chi connectivity index (χ1v) is 8.37. The van der Waals surface area contributed by atoms with Gasteiger partial charge in [0.05, 0.1) is 0 Å². The summed E-state index contributed by atoms with van der Waals surface area (Å²) in [7, 11) is 0. The molecule has 122 valence electrons. The summed E-state index contributed by atoms with van der Waals surface area (Å²) in [6, 6.07) is 0. The lowest BCUT2D eigenvalue weighted by Gasteiger charge is -2.31. The van der Waals surface area contributed by atoms with Crippen molar-refractivity contribution >= 4 is 11.8 Å². The number of hydrogen-bond donors (Lipinski definition) is 2. The molecule has 0 bridgehead atoms. The van der Waals surface area contributed by atoms with Crippen molar-refractivity contribution in [1.29, 1.82) is 0 Å². The van der Waals surface area contributed by atoms with Gasteiger partial charge in [-0.2, -0.15) is 0 Å². The van der Waals surface area contributed by atoms with Gasteiger partial charge in [0, 0.05) is 32.0 Å². The third-order valence-electron chi connectivity index (χ3n) is 4.49. The molecule has 0 spiro atoms. The first-order chi connectivity index (χ1) is 10.1. The second kappa shape index (κ2) is 9.77. The fraction of sp³-hybridized carbons (Fsp3) is 0.875. The van der Waals surface area contributed by atoms with Crippen LogP contribution in [0, 0.1) is 11.8 Å². The molecule has 21 heavy (non-hydrogen) atoms. The lowest BCUT2D eigenvalue weighted by Crippen LogP contribution is -2.43. The van der Waals surface area contributed by atoms with E-state index < -0.39 is 0 Å². The highest BCUT2D eigenvalue weighted by Gasteiger charge is 2.26. The van der Waals surface area contributed by atoms with Gasteiger partial charge in [-0.1, -0.05) is 13.3 Å². The lowest BCUT2D eigenvalue weighted by molar-refractivity contribution is -0.135. The van der Waals surface area contributed by atoms with E-state index in [1.54, 1.807) is 0 Å². The molecule has 1 heterocycles. The molecule has 1 fully saturated rings. The zero-order valence-electron chi connectivity index (χ0n) is 13.6. The summed E-state index contributed by atoms with van der Waals surface area (Å²) < 4.78 is 0. The zero-order chi connectivity index (χ0) is 15.7. The summed E-state index contributed by atoms with van der Waals surface area (Å²) in [4.78, 5) is 25.9. The van der Waals surface area contributed by atoms with E-state index in [1.807, 2.05) is 11.8 Å². The Hall–Kier alpha value is -1.10. The number of nitrogens with one attached hydrogen (secondary N) is 1. The van der Waals surface area contributed by atoms with Crippen LogP contribution in [0.1, 0.15) is 52.4 Å². The molecule has 1 aliphatic heterocycles. The molecular formula is C16H31N3O2. The van der Waals surface area contributed by atoms with Crippen molar-refractivity contribution in [1.82, 2.24) is 10.2 Å². The van der Waals surface area contributed by atoms with Gasteiger partial charge in [0.15, 0.2) is 0 Å². The van der Waals surface area contributed by atoms with E-state index in [0.717, 1.165) is 32.1 Å². The number of nitrogens with two attached hydrogens (primary N) is 1. The number of carbonyl (C=O) groups excluding carboxylic acids is 2. The number of likely N-dealkylation sites (tertiary alicyclic amines) is 1. The monoisotopic (exact) mass is 297 g/mol. The molecule has 1 saturated heterocycles. The normalized spacial score (nSPS) is 17.6. The first-order valence-electron chi connectivity index (χ1n) is 8.37. The molecule has 0 radical (unpaired) electrons. The van der Waals surface area contributed by atoms with E-state index in [-0.39, 0.29) is 17.7 Å². The van der Waals surface area contributed by atoms with Crippen LogP contribution < -0.4 is 11.1 Å². The van der Waals surface area contributed by atoms with E-state index in [9.17, 15) is 9.59 Å². The van der Waals surface area contributed by atoms with Crippen LogP contribution in [0.3, 0.4) is 0 Å². The predicted molar refractivity (Wildman–Crippen MR) is 84.7 cm³/mol. The van der Waals surface area contributed by atoms with Gasteiger partial charge in [-0.25, -0.2) is 0 Å². The van der Waals surface area contributed by atoms with Crippen molar-refractivity contribution in [2.24, 2.45) is 17.6 Å². The molecule has 0 saturated carbocycles. The third-order valence-corrected chi connectivity index (χ3v) is 4.49. The summed E-state index contributed by atoms with van der Waals surface area (Å²) in [6.45, 7) is 6.90. The minimum absolute atomic E-state index is 0.0784. The zero-order valence-corrected chi connectivity index (χ0v) is 13.6. The SMILES string of the molecule is CCNC(=O)C1CCN(C(=O)CCC(CC)CCN)CC1. The Bertz CT molecular complexity index is 325. The van der Waals surface area contributed by atoms with Crippen LogP contribution in [0.2, 0.25) is 0 Å². The molecule has 0 aromatic rings. The Morgan fingerprint density at radius 3 is 2.43 bits per heavy atom. The standard InChI is InChI=1S/C16H31N3O2/c1-3-13(7-10-17)5-6-15(20)19-11-8-14(9-12-19)16(21)18-4-2/h13-14H,3-12,17H2,1-2H3,(H,18,21). The Kier molecular flexibility index (Phi) is 8.35. The second-order valence-corrected chi connectivity index (χ2v) is 5.94. The highest BCUT2D eigenvalue weighted by Crippen LogP contribution is 2.20. The maximum absolute atomic E-state index is 12.2. The quantitative estimate of drug-likeness (QED) is 0.713. The van der Waals surface area contributed by atoms with Crippen LogP contribution in [0.25, 0.3) is 0 Å². The van der Waals surface area contributed by atoms with E-state index in [0.29, 0.717) is 38.5 Å². The van der Waals surface area contributed by atoms with E-state index in [1.165, 1.54) is 0 Å². The molecule has 2 amide bonds. The van der Waals surface area contributed by atoms with Gasteiger partial charge < -0.3 is 16.0 Å². The van der Waals surface area contributed by atoms with E-state index in [4.69, 9.17) is 5.73 Å². The molecular weight excluding hydrogens is 266 g/mol. The van der Waals surface area contributed by atoms with Crippen LogP contribution in [0.5, 0.6) is 0 Å². The van der Waals surface area contributed by atoms with Crippen molar-refractivity contribution in [3.05, 3.63) is 0 Å². The second-order valence-electron chi connectivity index (χ2n) is 5.94. The minimum Gasteiger partial charge on any atom is -0.356 e. The van der Waals surface area contributed by atoms with Crippen LogP contribution in [-0.2, 0) is 9.59 Å². The summed E-state index contributed by atoms with van der Waals surface area (Å²) in [5.74, 6) is 1.01. The highest BCUT2D eigenvalue weighted by molar-refractivity contribution is 5.80. The number of rotatable bonds is 8. The maximum atomic E-state index is 12.2. The Morgan fingerprint density at radius 2 is 1.90 bits per heavy atom. The number of carbonyl (C=O) groups is 2. The first kappa shape index (κ1) is 18.0. The van der Waals surface area contributed by atoms with Crippen molar-refractivity contribution in [2.75, 3.05) is 26.2 Å². The predicted octanol–water partition coefficient (Wildman–Crippen LogP) is 1.52. The van der Waals surface area contributed by atoms with E-state index in [2.05, 4.69) is 12.2 Å². The van der Waals surface area contributed by atoms with Crippen LogP contribution in [-0.4, -0.2) is 42.9 Å². The fourth-order valence-electron chi connectivity index (χ4n) is 2.98. The average Bonchev–Trinajstić information content (AvgIpc) is 2.51. The van der Waals surface area contributed by atoms with Gasteiger partial charge in [0.1, 0.15) is 0 Å². The fourth-order valence-corrected chi connectivity index (χ4v) is 2.98. The summed E-state index contributed by atoms with van der Waals surface area (Å²) in [6.07, 6.45) is 5.22. The molecule has 1 rings (SSSR count). The Balaban J connectivity index is 2.30. The molecule has 0 aromatic heterocycles. The van der Waals surface area contributed by atoms with Crippen molar-refractivity contribution in [3.63, 3.8) is 0 Å². The third kappa shape index (κ3) is 6.04. The summed E-state index contributed by atoms with van der Waals surface area (Å²) in [5.41, 5.74) is 5.59. The van der Waals surface area contributed by atoms with Crippen molar-refractivity contribution in [2.45, 2.75) is 52.4 Å².